The van der Waals surface area contributed by atoms with Crippen LogP contribution in [0.3, 0.4) is 0 Å². The van der Waals surface area contributed by atoms with Crippen LogP contribution in [-0.4, -0.2) is 75.2 Å². The number of rotatable bonds is 5. The Labute approximate surface area is 122 Å². The van der Waals surface area contributed by atoms with Gasteiger partial charge < -0.3 is 15.0 Å². The molecule has 2 fully saturated rings. The van der Waals surface area contributed by atoms with Gasteiger partial charge in [0, 0.05) is 39.8 Å². The van der Waals surface area contributed by atoms with E-state index in [0.29, 0.717) is 18.6 Å². The molecule has 1 N–H and O–H groups in total. The second-order valence-electron chi connectivity index (χ2n) is 5.82. The quantitative estimate of drug-likeness (QED) is 0.786. The zero-order valence-corrected chi connectivity index (χ0v) is 12.8. The van der Waals surface area contributed by atoms with Crippen LogP contribution in [0.4, 0.5) is 0 Å². The third-order valence-electron chi connectivity index (χ3n) is 4.03. The number of hydrogen-bond acceptors (Lipinski definition) is 4. The number of carbonyl (C=O) groups excluding carboxylic acids is 1. The summed E-state index contributed by atoms with van der Waals surface area (Å²) in [5.74, 6) is 0.243. The van der Waals surface area contributed by atoms with Gasteiger partial charge in [0.25, 0.3) is 0 Å². The smallest absolute Gasteiger partial charge is 0.236 e. The van der Waals surface area contributed by atoms with E-state index in [1.54, 1.807) is 7.11 Å². The van der Waals surface area contributed by atoms with Crippen molar-refractivity contribution in [2.45, 2.75) is 13.3 Å². The van der Waals surface area contributed by atoms with Crippen molar-refractivity contribution in [2.75, 3.05) is 59.5 Å². The Morgan fingerprint density at radius 1 is 1.42 bits per heavy atom. The van der Waals surface area contributed by atoms with Gasteiger partial charge in [-0.2, -0.15) is 0 Å². The van der Waals surface area contributed by atoms with Crippen molar-refractivity contribution in [1.82, 2.24) is 15.1 Å². The third-order valence-corrected chi connectivity index (χ3v) is 4.03. The lowest BCUT2D eigenvalue weighted by Crippen LogP contribution is -2.53. The molecule has 1 amide bonds. The topological polar surface area (TPSA) is 44.8 Å². The summed E-state index contributed by atoms with van der Waals surface area (Å²) < 4.78 is 5.03. The van der Waals surface area contributed by atoms with Crippen LogP contribution in [-0.2, 0) is 9.53 Å². The maximum atomic E-state index is 12.0. The zero-order chi connectivity index (χ0) is 13.0. The first-order valence-electron chi connectivity index (χ1n) is 6.83. The van der Waals surface area contributed by atoms with Gasteiger partial charge in [0.05, 0.1) is 13.2 Å². The third kappa shape index (κ3) is 4.60. The van der Waals surface area contributed by atoms with E-state index >= 15 is 0 Å². The molecule has 1 atom stereocenters. The van der Waals surface area contributed by atoms with E-state index in [4.69, 9.17) is 4.74 Å². The van der Waals surface area contributed by atoms with Crippen molar-refractivity contribution in [3.63, 3.8) is 0 Å². The van der Waals surface area contributed by atoms with Crippen LogP contribution in [0.15, 0.2) is 0 Å². The molecule has 0 aliphatic carbocycles. The van der Waals surface area contributed by atoms with Gasteiger partial charge in [-0.3, -0.25) is 9.69 Å². The van der Waals surface area contributed by atoms with Gasteiger partial charge in [-0.25, -0.2) is 0 Å². The van der Waals surface area contributed by atoms with Crippen LogP contribution >= 0.6 is 12.4 Å². The SMILES string of the molecule is COCCN1CCN(CC2(C)CCNC2)CC1=O.Cl. The molecular formula is C13H26ClN3O2. The molecule has 6 heteroatoms. The summed E-state index contributed by atoms with van der Waals surface area (Å²) in [6.07, 6.45) is 1.21. The monoisotopic (exact) mass is 291 g/mol. The van der Waals surface area contributed by atoms with Crippen molar-refractivity contribution in [3.05, 3.63) is 0 Å². The molecule has 0 aromatic rings. The summed E-state index contributed by atoms with van der Waals surface area (Å²) in [6, 6.07) is 0. The van der Waals surface area contributed by atoms with E-state index in [2.05, 4.69) is 17.1 Å². The summed E-state index contributed by atoms with van der Waals surface area (Å²) in [5, 5.41) is 3.41. The maximum Gasteiger partial charge on any atom is 0.236 e. The summed E-state index contributed by atoms with van der Waals surface area (Å²) in [4.78, 5) is 16.2. The Morgan fingerprint density at radius 2 is 2.21 bits per heavy atom. The molecule has 2 aliphatic heterocycles. The molecule has 1 unspecified atom stereocenters. The molecule has 112 valence electrons. The highest BCUT2D eigenvalue weighted by Crippen LogP contribution is 2.26. The Kier molecular flexibility index (Phi) is 6.53. The number of amides is 1. The van der Waals surface area contributed by atoms with E-state index < -0.39 is 0 Å². The highest BCUT2D eigenvalue weighted by atomic mass is 35.5. The first-order chi connectivity index (χ1) is 8.63. The Balaban J connectivity index is 0.00000180. The van der Waals surface area contributed by atoms with Gasteiger partial charge in [0.1, 0.15) is 0 Å². The number of nitrogens with one attached hydrogen (secondary N) is 1. The molecule has 0 spiro atoms. The van der Waals surface area contributed by atoms with E-state index in [-0.39, 0.29) is 18.3 Å². The Hall–Kier alpha value is -0.360. The highest BCUT2D eigenvalue weighted by Gasteiger charge is 2.33. The molecule has 0 radical (unpaired) electrons. The fourth-order valence-corrected chi connectivity index (χ4v) is 2.87. The Bertz CT molecular complexity index is 296. The molecule has 2 aliphatic rings. The van der Waals surface area contributed by atoms with Gasteiger partial charge in [0.15, 0.2) is 0 Å². The normalized spacial score (nSPS) is 28.5. The van der Waals surface area contributed by atoms with E-state index in [9.17, 15) is 4.79 Å². The summed E-state index contributed by atoms with van der Waals surface area (Å²) >= 11 is 0. The number of carbonyl (C=O) groups is 1. The van der Waals surface area contributed by atoms with Gasteiger partial charge in [-0.1, -0.05) is 6.92 Å². The second kappa shape index (κ2) is 7.43. The molecule has 2 saturated heterocycles. The summed E-state index contributed by atoms with van der Waals surface area (Å²) in [5.41, 5.74) is 0.342. The molecule has 0 aromatic carbocycles. The molecule has 0 bridgehead atoms. The van der Waals surface area contributed by atoms with Crippen molar-refractivity contribution in [1.29, 1.82) is 0 Å². The molecule has 19 heavy (non-hydrogen) atoms. The average molecular weight is 292 g/mol. The number of halogens is 1. The minimum Gasteiger partial charge on any atom is -0.383 e. The predicted molar refractivity (Wildman–Crippen MR) is 77.7 cm³/mol. The molecular weight excluding hydrogens is 266 g/mol. The number of ether oxygens (including phenoxy) is 1. The van der Waals surface area contributed by atoms with Gasteiger partial charge in [-0.05, 0) is 18.4 Å². The van der Waals surface area contributed by atoms with E-state index in [1.807, 2.05) is 4.90 Å². The fourth-order valence-electron chi connectivity index (χ4n) is 2.87. The fraction of sp³-hybridized carbons (Fsp3) is 0.923. The number of hydrogen-bond donors (Lipinski definition) is 1. The first-order valence-corrected chi connectivity index (χ1v) is 6.83. The molecule has 0 saturated carbocycles. The number of piperazine rings is 1. The maximum absolute atomic E-state index is 12.0. The summed E-state index contributed by atoms with van der Waals surface area (Å²) in [7, 11) is 1.68. The van der Waals surface area contributed by atoms with Crippen molar-refractivity contribution < 1.29 is 9.53 Å². The zero-order valence-electron chi connectivity index (χ0n) is 12.0. The first kappa shape index (κ1) is 16.7. The average Bonchev–Trinajstić information content (AvgIpc) is 2.75. The lowest BCUT2D eigenvalue weighted by atomic mass is 9.89. The van der Waals surface area contributed by atoms with Crippen LogP contribution in [0.1, 0.15) is 13.3 Å². The summed E-state index contributed by atoms with van der Waals surface area (Å²) in [6.45, 7) is 9.29. The molecule has 5 nitrogen and oxygen atoms in total. The highest BCUT2D eigenvalue weighted by molar-refractivity contribution is 5.85. The minimum atomic E-state index is 0. The van der Waals surface area contributed by atoms with Crippen molar-refractivity contribution in [3.8, 4) is 0 Å². The molecule has 2 rings (SSSR count). The van der Waals surface area contributed by atoms with Crippen molar-refractivity contribution >= 4 is 18.3 Å². The molecule has 2 heterocycles. The van der Waals surface area contributed by atoms with Crippen LogP contribution < -0.4 is 5.32 Å². The minimum absolute atomic E-state index is 0. The van der Waals surface area contributed by atoms with E-state index in [1.165, 1.54) is 6.42 Å². The van der Waals surface area contributed by atoms with Crippen molar-refractivity contribution in [2.24, 2.45) is 5.41 Å². The lowest BCUT2D eigenvalue weighted by molar-refractivity contribution is -0.137. The van der Waals surface area contributed by atoms with Crippen LogP contribution in [0.2, 0.25) is 0 Å². The van der Waals surface area contributed by atoms with E-state index in [0.717, 1.165) is 39.3 Å². The number of nitrogens with zero attached hydrogens (tertiary/aromatic N) is 2. The molecule has 0 aromatic heterocycles. The lowest BCUT2D eigenvalue weighted by Gasteiger charge is -2.38. The predicted octanol–water partition coefficient (Wildman–Crippen LogP) is 0.198. The largest absolute Gasteiger partial charge is 0.383 e. The van der Waals surface area contributed by atoms with Gasteiger partial charge >= 0.3 is 0 Å². The van der Waals surface area contributed by atoms with Gasteiger partial charge in [0.2, 0.25) is 5.91 Å². The number of methoxy groups -OCH3 is 1. The Morgan fingerprint density at radius 3 is 2.79 bits per heavy atom. The van der Waals surface area contributed by atoms with Crippen LogP contribution in [0.5, 0.6) is 0 Å². The second-order valence-corrected chi connectivity index (χ2v) is 5.82. The van der Waals surface area contributed by atoms with Crippen LogP contribution in [0.25, 0.3) is 0 Å². The van der Waals surface area contributed by atoms with Crippen LogP contribution in [0, 0.1) is 5.41 Å². The van der Waals surface area contributed by atoms with Gasteiger partial charge in [-0.15, -0.1) is 12.4 Å². The standard InChI is InChI=1S/C13H25N3O2.ClH/c1-13(3-4-14-10-13)11-15-5-6-16(7-8-18-2)12(17)9-15;/h14H,3-11H2,1-2H3;1H.